The van der Waals surface area contributed by atoms with Crippen LogP contribution in [-0.4, -0.2) is 13.2 Å². The maximum Gasteiger partial charge on any atom is 0.432 e. The summed E-state index contributed by atoms with van der Waals surface area (Å²) >= 11 is 0. The van der Waals surface area contributed by atoms with Gasteiger partial charge in [-0.15, -0.1) is 0 Å². The number of ether oxygens (including phenoxy) is 3. The maximum atomic E-state index is 14.5. The van der Waals surface area contributed by atoms with Crippen molar-refractivity contribution in [3.8, 4) is 5.75 Å². The third kappa shape index (κ3) is 5.56. The van der Waals surface area contributed by atoms with Crippen LogP contribution in [0.5, 0.6) is 5.75 Å². The molecule has 176 valence electrons. The summed E-state index contributed by atoms with van der Waals surface area (Å²) in [5.74, 6) is -6.23. The Labute approximate surface area is 182 Å². The Morgan fingerprint density at radius 1 is 0.906 bits per heavy atom. The fourth-order valence-electron chi connectivity index (χ4n) is 3.47. The van der Waals surface area contributed by atoms with Gasteiger partial charge in [-0.3, -0.25) is 0 Å². The first kappa shape index (κ1) is 24.4. The van der Waals surface area contributed by atoms with Crippen molar-refractivity contribution >= 4 is 0 Å². The van der Waals surface area contributed by atoms with Gasteiger partial charge in [-0.05, 0) is 25.5 Å². The second kappa shape index (κ2) is 10.1. The molecule has 3 rings (SSSR count). The molecule has 0 amide bonds. The predicted octanol–water partition coefficient (Wildman–Crippen LogP) is 6.92. The minimum absolute atomic E-state index is 0.0982. The molecule has 2 aromatic rings. The van der Waals surface area contributed by atoms with Crippen LogP contribution >= 0.6 is 0 Å². The van der Waals surface area contributed by atoms with Gasteiger partial charge in [0.2, 0.25) is 0 Å². The van der Waals surface area contributed by atoms with Crippen LogP contribution < -0.4 is 4.74 Å². The van der Waals surface area contributed by atoms with Crippen LogP contribution in [0.3, 0.4) is 0 Å². The third-order valence-corrected chi connectivity index (χ3v) is 5.31. The van der Waals surface area contributed by atoms with E-state index in [0.29, 0.717) is 37.5 Å². The zero-order valence-corrected chi connectivity index (χ0v) is 17.7. The lowest BCUT2D eigenvalue weighted by Gasteiger charge is -2.30. The van der Waals surface area contributed by atoms with E-state index >= 15 is 0 Å². The van der Waals surface area contributed by atoms with Gasteiger partial charge >= 0.3 is 6.11 Å². The Bertz CT molecular complexity index is 895. The number of unbranched alkanes of at least 4 members (excludes halogenated alkanes) is 2. The second-order valence-electron chi connectivity index (χ2n) is 7.85. The standard InChI is InChI=1S/C23H24F6O3/c1-3-4-5-6-14-11-30-22(31-12-14)15-7-19(26)21(20(27)8-15)23(28,29)32-16-9-17(24)13(2)18(25)10-16/h7-10,14,22H,3-6,11-12H2,1-2H3. The van der Waals surface area contributed by atoms with Crippen LogP contribution in [0, 0.1) is 36.1 Å². The Hall–Kier alpha value is -2.26. The molecule has 1 heterocycles. The van der Waals surface area contributed by atoms with E-state index in [1.54, 1.807) is 0 Å². The number of hydrogen-bond acceptors (Lipinski definition) is 3. The molecule has 1 fully saturated rings. The lowest BCUT2D eigenvalue weighted by Crippen LogP contribution is -2.28. The summed E-state index contributed by atoms with van der Waals surface area (Å²) in [5, 5.41) is 0. The SMILES string of the molecule is CCCCCC1COC(c2cc(F)c(C(F)(F)Oc3cc(F)c(C)c(F)c3)c(F)c2)OC1. The smallest absolute Gasteiger partial charge is 0.429 e. The summed E-state index contributed by atoms with van der Waals surface area (Å²) in [6, 6.07) is 2.37. The first-order valence-corrected chi connectivity index (χ1v) is 10.4. The van der Waals surface area contributed by atoms with Crippen molar-refractivity contribution in [1.82, 2.24) is 0 Å². The highest BCUT2D eigenvalue weighted by atomic mass is 19.3. The summed E-state index contributed by atoms with van der Waals surface area (Å²) < 4.78 is 101. The molecule has 9 heteroatoms. The molecule has 0 aromatic heterocycles. The predicted molar refractivity (Wildman–Crippen MR) is 104 cm³/mol. The molecular formula is C23H24F6O3. The van der Waals surface area contributed by atoms with Gasteiger partial charge in [0, 0.05) is 29.2 Å². The molecule has 0 radical (unpaired) electrons. The molecule has 1 aliphatic rings. The van der Waals surface area contributed by atoms with Crippen LogP contribution in [0.25, 0.3) is 0 Å². The molecule has 0 spiro atoms. The van der Waals surface area contributed by atoms with Gasteiger partial charge in [-0.2, -0.15) is 8.78 Å². The number of rotatable bonds is 8. The summed E-state index contributed by atoms with van der Waals surface area (Å²) in [6.45, 7) is 3.84. The minimum Gasteiger partial charge on any atom is -0.429 e. The van der Waals surface area contributed by atoms with Crippen molar-refractivity contribution in [2.24, 2.45) is 5.92 Å². The van der Waals surface area contributed by atoms with Crippen molar-refractivity contribution in [2.75, 3.05) is 13.2 Å². The van der Waals surface area contributed by atoms with Crippen molar-refractivity contribution < 1.29 is 40.6 Å². The van der Waals surface area contributed by atoms with E-state index in [2.05, 4.69) is 11.7 Å². The highest BCUT2D eigenvalue weighted by Crippen LogP contribution is 2.38. The van der Waals surface area contributed by atoms with E-state index in [9.17, 15) is 26.3 Å². The van der Waals surface area contributed by atoms with E-state index in [1.807, 2.05) is 0 Å². The van der Waals surface area contributed by atoms with Gasteiger partial charge in [0.05, 0.1) is 13.2 Å². The zero-order valence-electron chi connectivity index (χ0n) is 17.7. The van der Waals surface area contributed by atoms with E-state index in [0.717, 1.165) is 32.6 Å². The number of alkyl halides is 2. The van der Waals surface area contributed by atoms with Gasteiger partial charge < -0.3 is 14.2 Å². The highest BCUT2D eigenvalue weighted by Gasteiger charge is 2.42. The molecule has 1 saturated heterocycles. The summed E-state index contributed by atoms with van der Waals surface area (Å²) in [5.41, 5.74) is -2.18. The van der Waals surface area contributed by atoms with Crippen LogP contribution in [-0.2, 0) is 15.6 Å². The highest BCUT2D eigenvalue weighted by molar-refractivity contribution is 5.33. The molecule has 0 unspecified atom stereocenters. The Kier molecular flexibility index (Phi) is 7.71. The van der Waals surface area contributed by atoms with Gasteiger partial charge in [0.1, 0.15) is 34.6 Å². The molecular weight excluding hydrogens is 438 g/mol. The average molecular weight is 462 g/mol. The fourth-order valence-corrected chi connectivity index (χ4v) is 3.47. The molecule has 3 nitrogen and oxygen atoms in total. The van der Waals surface area contributed by atoms with Gasteiger partial charge in [0.15, 0.2) is 6.29 Å². The molecule has 0 aliphatic carbocycles. The molecule has 0 saturated carbocycles. The largest absolute Gasteiger partial charge is 0.432 e. The topological polar surface area (TPSA) is 27.7 Å². The normalized spacial score (nSPS) is 19.2. The first-order chi connectivity index (χ1) is 15.1. The van der Waals surface area contributed by atoms with E-state index in [4.69, 9.17) is 9.47 Å². The van der Waals surface area contributed by atoms with Gasteiger partial charge in [-0.1, -0.05) is 26.2 Å². The maximum absolute atomic E-state index is 14.5. The van der Waals surface area contributed by atoms with E-state index in [1.165, 1.54) is 0 Å². The Balaban J connectivity index is 1.74. The van der Waals surface area contributed by atoms with Gasteiger partial charge in [-0.25, -0.2) is 17.6 Å². The van der Waals surface area contributed by atoms with Gasteiger partial charge in [0.25, 0.3) is 0 Å². The van der Waals surface area contributed by atoms with Crippen molar-refractivity contribution in [3.63, 3.8) is 0 Å². The average Bonchev–Trinajstić information content (AvgIpc) is 2.71. The summed E-state index contributed by atoms with van der Waals surface area (Å²) in [4.78, 5) is 0. The summed E-state index contributed by atoms with van der Waals surface area (Å²) in [6.07, 6.45) is -1.56. The molecule has 1 aliphatic heterocycles. The number of hydrogen-bond donors (Lipinski definition) is 0. The third-order valence-electron chi connectivity index (χ3n) is 5.31. The van der Waals surface area contributed by atoms with Crippen LogP contribution in [0.2, 0.25) is 0 Å². The molecule has 0 atom stereocenters. The van der Waals surface area contributed by atoms with Crippen molar-refractivity contribution in [3.05, 3.63) is 64.2 Å². The fraction of sp³-hybridized carbons (Fsp3) is 0.478. The minimum atomic E-state index is -4.53. The Morgan fingerprint density at radius 2 is 1.47 bits per heavy atom. The van der Waals surface area contributed by atoms with Crippen LogP contribution in [0.1, 0.15) is 55.6 Å². The lowest BCUT2D eigenvalue weighted by atomic mass is 10.0. The number of halogens is 6. The van der Waals surface area contributed by atoms with Crippen molar-refractivity contribution in [1.29, 1.82) is 0 Å². The van der Waals surface area contributed by atoms with Crippen molar-refractivity contribution in [2.45, 2.75) is 51.9 Å². The van der Waals surface area contributed by atoms with E-state index in [-0.39, 0.29) is 11.5 Å². The lowest BCUT2D eigenvalue weighted by molar-refractivity contribution is -0.206. The molecule has 0 N–H and O–H groups in total. The van der Waals surface area contributed by atoms with Crippen LogP contribution in [0.4, 0.5) is 26.3 Å². The van der Waals surface area contributed by atoms with E-state index < -0.39 is 52.5 Å². The monoisotopic (exact) mass is 462 g/mol. The second-order valence-corrected chi connectivity index (χ2v) is 7.85. The first-order valence-electron chi connectivity index (χ1n) is 10.4. The zero-order chi connectivity index (χ0) is 23.5. The number of benzene rings is 2. The Morgan fingerprint density at radius 3 is 2.00 bits per heavy atom. The summed E-state index contributed by atoms with van der Waals surface area (Å²) in [7, 11) is 0. The van der Waals surface area contributed by atoms with Crippen LogP contribution in [0.15, 0.2) is 24.3 Å². The molecule has 0 bridgehead atoms. The molecule has 32 heavy (non-hydrogen) atoms. The quantitative estimate of drug-likeness (QED) is 0.315. The molecule has 2 aromatic carbocycles.